The van der Waals surface area contributed by atoms with Gasteiger partial charge in [-0.2, -0.15) is 0 Å². The van der Waals surface area contributed by atoms with Crippen molar-refractivity contribution in [2.75, 3.05) is 0 Å². The van der Waals surface area contributed by atoms with Crippen LogP contribution in [0.3, 0.4) is 0 Å². The third kappa shape index (κ3) is 1.94. The molecule has 0 heterocycles. The Labute approximate surface area is 80.7 Å². The fourth-order valence-corrected chi connectivity index (χ4v) is 1.83. The van der Waals surface area contributed by atoms with Crippen LogP contribution in [-0.2, 0) is 0 Å². The van der Waals surface area contributed by atoms with Crippen LogP contribution in [0.5, 0.6) is 0 Å². The van der Waals surface area contributed by atoms with Crippen LogP contribution < -0.4 is 11.5 Å². The Hall–Kier alpha value is -0.760. The molecule has 0 saturated carbocycles. The maximum absolute atomic E-state index is 6.13. The summed E-state index contributed by atoms with van der Waals surface area (Å²) >= 11 is 0. The van der Waals surface area contributed by atoms with E-state index in [0.717, 1.165) is 25.0 Å². The fraction of sp³-hybridized carbons (Fsp3) is 0.636. The minimum Gasteiger partial charge on any atom is -0.400 e. The third-order valence-electron chi connectivity index (χ3n) is 2.77. The zero-order valence-corrected chi connectivity index (χ0v) is 8.85. The Morgan fingerprint density at radius 1 is 1.38 bits per heavy atom. The van der Waals surface area contributed by atoms with Crippen molar-refractivity contribution in [1.82, 2.24) is 0 Å². The summed E-state index contributed by atoms with van der Waals surface area (Å²) in [6.07, 6.45) is 5.16. The van der Waals surface area contributed by atoms with E-state index in [-0.39, 0.29) is 5.54 Å². The number of allylic oxidation sites excluding steroid dienone is 2. The molecular formula is C11H20N2. The van der Waals surface area contributed by atoms with Gasteiger partial charge in [-0.15, -0.1) is 0 Å². The number of hydrogen-bond donors (Lipinski definition) is 2. The molecule has 0 aliphatic heterocycles. The minimum atomic E-state index is -0.328. The molecule has 1 aliphatic carbocycles. The fourth-order valence-electron chi connectivity index (χ4n) is 1.83. The molecule has 0 bridgehead atoms. The quantitative estimate of drug-likeness (QED) is 0.683. The van der Waals surface area contributed by atoms with Crippen molar-refractivity contribution in [3.63, 3.8) is 0 Å². The zero-order chi connectivity index (χ0) is 10.1. The van der Waals surface area contributed by atoms with Gasteiger partial charge in [-0.3, -0.25) is 0 Å². The highest BCUT2D eigenvalue weighted by molar-refractivity contribution is 5.39. The van der Waals surface area contributed by atoms with Crippen molar-refractivity contribution in [3.8, 4) is 0 Å². The van der Waals surface area contributed by atoms with Gasteiger partial charge in [-0.25, -0.2) is 0 Å². The summed E-state index contributed by atoms with van der Waals surface area (Å²) in [5, 5.41) is 0. The average Bonchev–Trinajstić information content (AvgIpc) is 2.09. The first-order valence-electron chi connectivity index (χ1n) is 4.98. The van der Waals surface area contributed by atoms with Crippen molar-refractivity contribution in [2.45, 2.75) is 45.6 Å². The van der Waals surface area contributed by atoms with Crippen molar-refractivity contribution < 1.29 is 0 Å². The minimum absolute atomic E-state index is 0.328. The van der Waals surface area contributed by atoms with Gasteiger partial charge < -0.3 is 11.5 Å². The normalized spacial score (nSPS) is 29.1. The zero-order valence-electron chi connectivity index (χ0n) is 8.85. The second-order valence-corrected chi connectivity index (χ2v) is 4.04. The van der Waals surface area contributed by atoms with Crippen LogP contribution in [-0.4, -0.2) is 5.54 Å². The lowest BCUT2D eigenvalue weighted by molar-refractivity contribution is 0.515. The summed E-state index contributed by atoms with van der Waals surface area (Å²) < 4.78 is 0. The second kappa shape index (κ2) is 3.54. The lowest BCUT2D eigenvalue weighted by Gasteiger charge is -2.32. The first-order valence-corrected chi connectivity index (χ1v) is 4.98. The molecule has 1 atom stereocenters. The summed E-state index contributed by atoms with van der Waals surface area (Å²) in [4.78, 5) is 0. The molecule has 1 unspecified atom stereocenters. The summed E-state index contributed by atoms with van der Waals surface area (Å²) in [5.74, 6) is 0. The van der Waals surface area contributed by atoms with E-state index in [1.807, 2.05) is 6.92 Å². The Morgan fingerprint density at radius 3 is 2.46 bits per heavy atom. The predicted octanol–water partition coefficient (Wildman–Crippen LogP) is 2.07. The monoisotopic (exact) mass is 180 g/mol. The van der Waals surface area contributed by atoms with E-state index in [0.29, 0.717) is 0 Å². The lowest BCUT2D eigenvalue weighted by Crippen LogP contribution is -2.44. The smallest absolute Gasteiger partial charge is 0.0567 e. The molecule has 0 aromatic carbocycles. The van der Waals surface area contributed by atoms with Gasteiger partial charge in [0.15, 0.2) is 0 Å². The molecule has 0 radical (unpaired) electrons. The molecule has 0 saturated heterocycles. The van der Waals surface area contributed by atoms with Gasteiger partial charge in [0, 0.05) is 5.70 Å². The predicted molar refractivity (Wildman–Crippen MR) is 57.1 cm³/mol. The molecule has 2 heteroatoms. The van der Waals surface area contributed by atoms with Gasteiger partial charge in [-0.05, 0) is 31.8 Å². The van der Waals surface area contributed by atoms with Crippen LogP contribution in [0.25, 0.3) is 0 Å². The molecule has 4 N–H and O–H groups in total. The Kier molecular flexibility index (Phi) is 2.81. The molecule has 13 heavy (non-hydrogen) atoms. The molecule has 0 aromatic rings. The summed E-state index contributed by atoms with van der Waals surface area (Å²) in [6.45, 7) is 6.30. The maximum atomic E-state index is 6.13. The molecular weight excluding hydrogens is 160 g/mol. The van der Waals surface area contributed by atoms with Crippen LogP contribution in [0.15, 0.2) is 22.9 Å². The summed E-state index contributed by atoms with van der Waals surface area (Å²) in [5.41, 5.74) is 15.3. The highest BCUT2D eigenvalue weighted by Crippen LogP contribution is 2.30. The SMILES string of the molecule is CCC1=CC(CC)=C(N)C(C)(N)C1. The van der Waals surface area contributed by atoms with Gasteiger partial charge in [0.1, 0.15) is 0 Å². The molecule has 1 aliphatic rings. The second-order valence-electron chi connectivity index (χ2n) is 4.04. The highest BCUT2D eigenvalue weighted by atomic mass is 14.8. The molecule has 0 amide bonds. The van der Waals surface area contributed by atoms with Crippen molar-refractivity contribution in [3.05, 3.63) is 22.9 Å². The van der Waals surface area contributed by atoms with Crippen molar-refractivity contribution in [2.24, 2.45) is 11.5 Å². The van der Waals surface area contributed by atoms with Gasteiger partial charge in [0.2, 0.25) is 0 Å². The Morgan fingerprint density at radius 2 is 2.00 bits per heavy atom. The number of rotatable bonds is 2. The molecule has 0 aromatic heterocycles. The van der Waals surface area contributed by atoms with Gasteiger partial charge in [0.05, 0.1) is 5.54 Å². The maximum Gasteiger partial charge on any atom is 0.0567 e. The van der Waals surface area contributed by atoms with Crippen LogP contribution in [0, 0.1) is 0 Å². The van der Waals surface area contributed by atoms with Crippen LogP contribution >= 0.6 is 0 Å². The van der Waals surface area contributed by atoms with E-state index in [4.69, 9.17) is 11.5 Å². The van der Waals surface area contributed by atoms with Crippen molar-refractivity contribution in [1.29, 1.82) is 0 Å². The third-order valence-corrected chi connectivity index (χ3v) is 2.77. The Bertz CT molecular complexity index is 259. The number of nitrogens with two attached hydrogens (primary N) is 2. The molecule has 2 nitrogen and oxygen atoms in total. The van der Waals surface area contributed by atoms with E-state index >= 15 is 0 Å². The van der Waals surface area contributed by atoms with E-state index in [9.17, 15) is 0 Å². The van der Waals surface area contributed by atoms with Crippen LogP contribution in [0.2, 0.25) is 0 Å². The summed E-state index contributed by atoms with van der Waals surface area (Å²) in [7, 11) is 0. The van der Waals surface area contributed by atoms with Crippen molar-refractivity contribution >= 4 is 0 Å². The van der Waals surface area contributed by atoms with Crippen LogP contribution in [0.1, 0.15) is 40.0 Å². The standard InChI is InChI=1S/C11H20N2/c1-4-8-6-9(5-2)10(12)11(3,13)7-8/h6H,4-5,7,12-13H2,1-3H3. The highest BCUT2D eigenvalue weighted by Gasteiger charge is 2.28. The average molecular weight is 180 g/mol. The first kappa shape index (κ1) is 10.3. The van der Waals surface area contributed by atoms with E-state index in [1.54, 1.807) is 0 Å². The molecule has 1 rings (SSSR count). The number of hydrogen-bond acceptors (Lipinski definition) is 2. The van der Waals surface area contributed by atoms with Gasteiger partial charge >= 0.3 is 0 Å². The van der Waals surface area contributed by atoms with E-state index in [1.165, 1.54) is 11.1 Å². The molecule has 74 valence electrons. The van der Waals surface area contributed by atoms with Gasteiger partial charge in [0.25, 0.3) is 0 Å². The first-order chi connectivity index (χ1) is 6.01. The summed E-state index contributed by atoms with van der Waals surface area (Å²) in [6, 6.07) is 0. The molecule has 0 fully saturated rings. The topological polar surface area (TPSA) is 52.0 Å². The van der Waals surface area contributed by atoms with Crippen LogP contribution in [0.4, 0.5) is 0 Å². The molecule has 0 spiro atoms. The lowest BCUT2D eigenvalue weighted by atomic mass is 9.81. The Balaban J connectivity index is 3.05. The van der Waals surface area contributed by atoms with E-state index in [2.05, 4.69) is 19.9 Å². The van der Waals surface area contributed by atoms with Gasteiger partial charge in [-0.1, -0.05) is 25.5 Å². The van der Waals surface area contributed by atoms with E-state index < -0.39 is 0 Å². The largest absolute Gasteiger partial charge is 0.400 e.